The normalized spacial score (nSPS) is 22.5. The molecule has 1 atom stereocenters. The van der Waals surface area contributed by atoms with Gasteiger partial charge in [0, 0.05) is 12.7 Å². The van der Waals surface area contributed by atoms with E-state index in [1.807, 2.05) is 10.9 Å². The lowest BCUT2D eigenvalue weighted by molar-refractivity contribution is -0.149. The summed E-state index contributed by atoms with van der Waals surface area (Å²) in [5, 5.41) is 10.7. The van der Waals surface area contributed by atoms with Crippen LogP contribution in [0, 0.1) is 0 Å². The van der Waals surface area contributed by atoms with Crippen LogP contribution in [0.3, 0.4) is 0 Å². The van der Waals surface area contributed by atoms with Crippen LogP contribution in [0.25, 0.3) is 0 Å². The smallest absolute Gasteiger partial charge is 0.331 e. The SMILES string of the molecule is COC(=O)C1(NC(=O)c2ccn(C3CCCNC3)n2)CCCCC1.Cl. The molecule has 1 saturated heterocycles. The molecule has 1 aromatic heterocycles. The third-order valence-electron chi connectivity index (χ3n) is 5.12. The Morgan fingerprint density at radius 3 is 2.72 bits per heavy atom. The highest BCUT2D eigenvalue weighted by Gasteiger charge is 2.42. The molecule has 0 aromatic carbocycles. The monoisotopic (exact) mass is 370 g/mol. The van der Waals surface area contributed by atoms with Gasteiger partial charge in [0.1, 0.15) is 11.2 Å². The van der Waals surface area contributed by atoms with E-state index in [-0.39, 0.29) is 30.3 Å². The second-order valence-electron chi connectivity index (χ2n) is 6.77. The maximum Gasteiger partial charge on any atom is 0.331 e. The van der Waals surface area contributed by atoms with Gasteiger partial charge in [-0.3, -0.25) is 9.48 Å². The number of halogens is 1. The number of hydrogen-bond acceptors (Lipinski definition) is 5. The molecule has 8 heteroatoms. The summed E-state index contributed by atoms with van der Waals surface area (Å²) in [6.45, 7) is 1.90. The number of rotatable bonds is 4. The number of piperidine rings is 1. The van der Waals surface area contributed by atoms with Crippen molar-refractivity contribution in [3.05, 3.63) is 18.0 Å². The van der Waals surface area contributed by atoms with Crippen LogP contribution in [-0.4, -0.2) is 47.4 Å². The van der Waals surface area contributed by atoms with Gasteiger partial charge in [-0.1, -0.05) is 19.3 Å². The zero-order valence-corrected chi connectivity index (χ0v) is 15.4. The van der Waals surface area contributed by atoms with Crippen LogP contribution >= 0.6 is 12.4 Å². The highest BCUT2D eigenvalue weighted by Crippen LogP contribution is 2.29. The molecule has 1 amide bonds. The fourth-order valence-electron chi connectivity index (χ4n) is 3.73. The molecule has 0 radical (unpaired) electrons. The van der Waals surface area contributed by atoms with Gasteiger partial charge in [-0.15, -0.1) is 12.4 Å². The largest absolute Gasteiger partial charge is 0.467 e. The number of amides is 1. The van der Waals surface area contributed by atoms with Gasteiger partial charge >= 0.3 is 5.97 Å². The van der Waals surface area contributed by atoms with Crippen LogP contribution in [0.1, 0.15) is 61.5 Å². The predicted molar refractivity (Wildman–Crippen MR) is 95.9 cm³/mol. The molecule has 2 fully saturated rings. The zero-order chi connectivity index (χ0) is 17.0. The Kier molecular flexibility index (Phi) is 6.84. The van der Waals surface area contributed by atoms with Crippen molar-refractivity contribution in [1.29, 1.82) is 0 Å². The number of esters is 1. The summed E-state index contributed by atoms with van der Waals surface area (Å²) in [6, 6.07) is 2.00. The molecule has 25 heavy (non-hydrogen) atoms. The lowest BCUT2D eigenvalue weighted by atomic mass is 9.81. The van der Waals surface area contributed by atoms with Gasteiger partial charge < -0.3 is 15.4 Å². The number of nitrogens with one attached hydrogen (secondary N) is 2. The summed E-state index contributed by atoms with van der Waals surface area (Å²) in [6.07, 6.45) is 8.17. The van der Waals surface area contributed by atoms with Crippen molar-refractivity contribution in [1.82, 2.24) is 20.4 Å². The maximum atomic E-state index is 12.6. The molecule has 0 bridgehead atoms. The van der Waals surface area contributed by atoms with Gasteiger partial charge in [0.15, 0.2) is 0 Å². The lowest BCUT2D eigenvalue weighted by Gasteiger charge is -2.34. The minimum Gasteiger partial charge on any atom is -0.467 e. The minimum absolute atomic E-state index is 0. The summed E-state index contributed by atoms with van der Waals surface area (Å²) >= 11 is 0. The Bertz CT molecular complexity index is 592. The highest BCUT2D eigenvalue weighted by atomic mass is 35.5. The van der Waals surface area contributed by atoms with E-state index in [9.17, 15) is 9.59 Å². The van der Waals surface area contributed by atoms with Crippen molar-refractivity contribution in [2.75, 3.05) is 20.2 Å². The summed E-state index contributed by atoms with van der Waals surface area (Å²) in [5.41, 5.74) is -0.547. The number of ether oxygens (including phenoxy) is 1. The van der Waals surface area contributed by atoms with Crippen molar-refractivity contribution < 1.29 is 14.3 Å². The predicted octanol–water partition coefficient (Wildman–Crippen LogP) is 1.84. The van der Waals surface area contributed by atoms with Crippen LogP contribution in [0.15, 0.2) is 12.3 Å². The molecule has 1 aromatic rings. The van der Waals surface area contributed by atoms with Crippen LogP contribution < -0.4 is 10.6 Å². The lowest BCUT2D eigenvalue weighted by Crippen LogP contribution is -2.56. The van der Waals surface area contributed by atoms with E-state index in [4.69, 9.17) is 4.74 Å². The average Bonchev–Trinajstić information content (AvgIpc) is 3.13. The Labute approximate surface area is 154 Å². The fraction of sp³-hybridized carbons (Fsp3) is 0.706. The molecule has 3 rings (SSSR count). The van der Waals surface area contributed by atoms with Gasteiger partial charge in [0.25, 0.3) is 5.91 Å². The van der Waals surface area contributed by atoms with Crippen molar-refractivity contribution in [3.8, 4) is 0 Å². The molecular weight excluding hydrogens is 344 g/mol. The third-order valence-corrected chi connectivity index (χ3v) is 5.12. The number of aromatic nitrogens is 2. The third kappa shape index (κ3) is 4.33. The molecule has 2 heterocycles. The second-order valence-corrected chi connectivity index (χ2v) is 6.77. The Balaban J connectivity index is 0.00000225. The maximum absolute atomic E-state index is 12.6. The number of hydrogen-bond donors (Lipinski definition) is 2. The van der Waals surface area contributed by atoms with E-state index < -0.39 is 5.54 Å². The Morgan fingerprint density at radius 1 is 1.32 bits per heavy atom. The molecular formula is C17H27ClN4O3. The van der Waals surface area contributed by atoms with E-state index in [0.29, 0.717) is 18.5 Å². The summed E-state index contributed by atoms with van der Waals surface area (Å²) in [7, 11) is 1.37. The highest BCUT2D eigenvalue weighted by molar-refractivity contribution is 5.96. The topological polar surface area (TPSA) is 85.2 Å². The van der Waals surface area contributed by atoms with Crippen molar-refractivity contribution in [2.24, 2.45) is 0 Å². The fourth-order valence-corrected chi connectivity index (χ4v) is 3.73. The van der Waals surface area contributed by atoms with Crippen LogP contribution in [0.4, 0.5) is 0 Å². The van der Waals surface area contributed by atoms with Gasteiger partial charge in [0.05, 0.1) is 13.2 Å². The first kappa shape index (κ1) is 19.7. The van der Waals surface area contributed by atoms with Gasteiger partial charge in [0.2, 0.25) is 0 Å². The Hall–Kier alpha value is -1.60. The van der Waals surface area contributed by atoms with E-state index in [0.717, 1.165) is 45.2 Å². The molecule has 1 unspecified atom stereocenters. The van der Waals surface area contributed by atoms with Gasteiger partial charge in [-0.25, -0.2) is 4.79 Å². The summed E-state index contributed by atoms with van der Waals surface area (Å²) in [4.78, 5) is 24.9. The van der Waals surface area contributed by atoms with Crippen molar-refractivity contribution in [2.45, 2.75) is 56.5 Å². The molecule has 1 saturated carbocycles. The zero-order valence-electron chi connectivity index (χ0n) is 14.6. The first-order valence-electron chi connectivity index (χ1n) is 8.81. The molecule has 0 spiro atoms. The molecule has 2 N–H and O–H groups in total. The van der Waals surface area contributed by atoms with E-state index in [1.165, 1.54) is 7.11 Å². The molecule has 2 aliphatic rings. The molecule has 1 aliphatic heterocycles. The quantitative estimate of drug-likeness (QED) is 0.790. The van der Waals surface area contributed by atoms with E-state index in [1.54, 1.807) is 6.07 Å². The standard InChI is InChI=1S/C17H26N4O3.ClH/c1-24-16(23)17(8-3-2-4-9-17)19-15(22)14-7-11-21(20-14)13-6-5-10-18-12-13;/h7,11,13,18H,2-6,8-10,12H2,1H3,(H,19,22);1H. The number of carbonyl (C=O) groups is 2. The number of carbonyl (C=O) groups excluding carboxylic acids is 2. The second kappa shape index (κ2) is 8.67. The van der Waals surface area contributed by atoms with Crippen LogP contribution in [-0.2, 0) is 9.53 Å². The van der Waals surface area contributed by atoms with Crippen LogP contribution in [0.5, 0.6) is 0 Å². The first-order valence-corrected chi connectivity index (χ1v) is 8.81. The first-order chi connectivity index (χ1) is 11.6. The molecule has 7 nitrogen and oxygen atoms in total. The molecule has 1 aliphatic carbocycles. The average molecular weight is 371 g/mol. The Morgan fingerprint density at radius 2 is 2.08 bits per heavy atom. The van der Waals surface area contributed by atoms with E-state index in [2.05, 4.69) is 15.7 Å². The minimum atomic E-state index is -0.903. The number of methoxy groups -OCH3 is 1. The van der Waals surface area contributed by atoms with E-state index >= 15 is 0 Å². The molecule has 140 valence electrons. The van der Waals surface area contributed by atoms with Crippen molar-refractivity contribution in [3.63, 3.8) is 0 Å². The summed E-state index contributed by atoms with van der Waals surface area (Å²) < 4.78 is 6.80. The van der Waals surface area contributed by atoms with Crippen molar-refractivity contribution >= 4 is 24.3 Å². The van der Waals surface area contributed by atoms with Gasteiger partial charge in [-0.2, -0.15) is 5.10 Å². The number of nitrogens with zero attached hydrogens (tertiary/aromatic N) is 2. The summed E-state index contributed by atoms with van der Waals surface area (Å²) in [5.74, 6) is -0.656. The van der Waals surface area contributed by atoms with Gasteiger partial charge in [-0.05, 0) is 38.3 Å². The van der Waals surface area contributed by atoms with Crippen LogP contribution in [0.2, 0.25) is 0 Å².